The number of ketones is 1. The van der Waals surface area contributed by atoms with Crippen LogP contribution in [0.15, 0.2) is 18.3 Å². The molecule has 1 aliphatic rings. The number of nitrogens with zero attached hydrogens (tertiary/aromatic N) is 3. The summed E-state index contributed by atoms with van der Waals surface area (Å²) in [6, 6.07) is 0. The van der Waals surface area contributed by atoms with Crippen molar-refractivity contribution in [3.8, 4) is 0 Å². The number of aryl methyl sites for hydroxylation is 1. The third-order valence-electron chi connectivity index (χ3n) is 3.99. The summed E-state index contributed by atoms with van der Waals surface area (Å²) in [6.45, 7) is 7.47. The molecule has 0 spiro atoms. The first-order chi connectivity index (χ1) is 11.6. The maximum Gasteiger partial charge on any atom is 0.186 e. The average molecular weight is 335 g/mol. The van der Waals surface area contributed by atoms with Crippen LogP contribution in [0.5, 0.6) is 0 Å². The predicted octanol–water partition coefficient (Wildman–Crippen LogP) is 2.92. The molecule has 0 aliphatic carbocycles. The highest BCUT2D eigenvalue weighted by Gasteiger charge is 2.26. The molecule has 1 aromatic rings. The van der Waals surface area contributed by atoms with Gasteiger partial charge in [-0.1, -0.05) is 38.8 Å². The Hall–Kier alpha value is -1.53. The monoisotopic (exact) mass is 335 g/mol. The standard InChI is InChI=1S/C18H29N3O3/c1-4-5-6-7-15-12-21(20-19-15)13-17-16(22)8-9-18(24-17)23-11-10-14(2)3/h8-9,12,14,17-18H,4-7,10-11,13H2,1-3H3/t17-,18+/m1/s1. The summed E-state index contributed by atoms with van der Waals surface area (Å²) in [4.78, 5) is 12.0. The van der Waals surface area contributed by atoms with E-state index in [1.165, 1.54) is 12.8 Å². The first-order valence-electron chi connectivity index (χ1n) is 8.96. The van der Waals surface area contributed by atoms with Gasteiger partial charge in [0.1, 0.15) is 6.10 Å². The molecule has 1 aromatic heterocycles. The minimum atomic E-state index is -0.566. The van der Waals surface area contributed by atoms with Crippen molar-refractivity contribution >= 4 is 5.78 Å². The zero-order chi connectivity index (χ0) is 17.4. The molecule has 0 N–H and O–H groups in total. The van der Waals surface area contributed by atoms with Crippen LogP contribution in [0.4, 0.5) is 0 Å². The van der Waals surface area contributed by atoms with Gasteiger partial charge in [-0.2, -0.15) is 0 Å². The fourth-order valence-corrected chi connectivity index (χ4v) is 2.47. The van der Waals surface area contributed by atoms with Crippen molar-refractivity contribution in [1.29, 1.82) is 0 Å². The van der Waals surface area contributed by atoms with Crippen molar-refractivity contribution in [2.45, 2.75) is 71.8 Å². The zero-order valence-electron chi connectivity index (χ0n) is 15.0. The lowest BCUT2D eigenvalue weighted by molar-refractivity contribution is -0.166. The maximum atomic E-state index is 12.0. The molecule has 24 heavy (non-hydrogen) atoms. The SMILES string of the molecule is CCCCCc1cn(C[C@H]2O[C@H](OCCC(C)C)C=CC2=O)nn1. The Morgan fingerprint density at radius 3 is 2.96 bits per heavy atom. The Labute approximate surface area is 144 Å². The fraction of sp³-hybridized carbons (Fsp3) is 0.722. The number of aromatic nitrogens is 3. The van der Waals surface area contributed by atoms with Gasteiger partial charge in [-0.25, -0.2) is 4.68 Å². The smallest absolute Gasteiger partial charge is 0.186 e. The van der Waals surface area contributed by atoms with Crippen molar-refractivity contribution in [2.75, 3.05) is 6.61 Å². The van der Waals surface area contributed by atoms with Gasteiger partial charge in [0.2, 0.25) is 0 Å². The molecule has 0 unspecified atom stereocenters. The molecule has 0 saturated heterocycles. The van der Waals surface area contributed by atoms with E-state index in [1.807, 2.05) is 6.20 Å². The number of carbonyl (C=O) groups excluding carboxylic acids is 1. The van der Waals surface area contributed by atoms with Crippen molar-refractivity contribution in [2.24, 2.45) is 5.92 Å². The van der Waals surface area contributed by atoms with Gasteiger partial charge in [0.25, 0.3) is 0 Å². The van der Waals surface area contributed by atoms with Crippen molar-refractivity contribution in [3.63, 3.8) is 0 Å². The highest BCUT2D eigenvalue weighted by atomic mass is 16.7. The molecule has 6 nitrogen and oxygen atoms in total. The molecule has 0 amide bonds. The van der Waals surface area contributed by atoms with Crippen LogP contribution in [0.3, 0.4) is 0 Å². The molecular weight excluding hydrogens is 306 g/mol. The second kappa shape index (κ2) is 9.69. The minimum Gasteiger partial charge on any atom is -0.349 e. The number of unbranched alkanes of at least 4 members (excludes halogenated alkanes) is 2. The number of hydrogen-bond donors (Lipinski definition) is 0. The lowest BCUT2D eigenvalue weighted by atomic mass is 10.1. The van der Waals surface area contributed by atoms with Crippen molar-refractivity contribution in [3.05, 3.63) is 24.0 Å². The average Bonchev–Trinajstić information content (AvgIpc) is 2.98. The van der Waals surface area contributed by atoms with Crippen molar-refractivity contribution < 1.29 is 14.3 Å². The zero-order valence-corrected chi connectivity index (χ0v) is 15.0. The van der Waals surface area contributed by atoms with E-state index in [1.54, 1.807) is 16.8 Å². The molecule has 2 atom stereocenters. The van der Waals surface area contributed by atoms with Crippen LogP contribution in [-0.2, 0) is 27.2 Å². The lowest BCUT2D eigenvalue weighted by Crippen LogP contribution is -2.36. The third-order valence-corrected chi connectivity index (χ3v) is 3.99. The Morgan fingerprint density at radius 2 is 2.21 bits per heavy atom. The topological polar surface area (TPSA) is 66.2 Å². The van der Waals surface area contributed by atoms with E-state index in [0.29, 0.717) is 19.1 Å². The second-order valence-electron chi connectivity index (χ2n) is 6.70. The molecule has 0 aromatic carbocycles. The predicted molar refractivity (Wildman–Crippen MR) is 91.5 cm³/mol. The quantitative estimate of drug-likeness (QED) is 0.615. The first-order valence-corrected chi connectivity index (χ1v) is 8.96. The van der Waals surface area contributed by atoms with Crippen LogP contribution in [0.2, 0.25) is 0 Å². The molecule has 6 heteroatoms. The molecule has 0 saturated carbocycles. The van der Waals surface area contributed by atoms with Gasteiger partial charge in [-0.3, -0.25) is 4.79 Å². The minimum absolute atomic E-state index is 0.0539. The number of hydrogen-bond acceptors (Lipinski definition) is 5. The summed E-state index contributed by atoms with van der Waals surface area (Å²) in [5.74, 6) is 0.526. The summed E-state index contributed by atoms with van der Waals surface area (Å²) in [7, 11) is 0. The van der Waals surface area contributed by atoms with Gasteiger partial charge >= 0.3 is 0 Å². The Morgan fingerprint density at radius 1 is 1.38 bits per heavy atom. The van der Waals surface area contributed by atoms with Crippen LogP contribution in [0.25, 0.3) is 0 Å². The van der Waals surface area contributed by atoms with Gasteiger partial charge in [-0.15, -0.1) is 5.10 Å². The highest BCUT2D eigenvalue weighted by molar-refractivity contribution is 5.94. The molecule has 1 aliphatic heterocycles. The Bertz CT molecular complexity index is 539. The van der Waals surface area contributed by atoms with Gasteiger partial charge < -0.3 is 9.47 Å². The Balaban J connectivity index is 1.82. The van der Waals surface area contributed by atoms with E-state index < -0.39 is 12.4 Å². The van der Waals surface area contributed by atoms with E-state index >= 15 is 0 Å². The molecule has 2 rings (SSSR count). The second-order valence-corrected chi connectivity index (χ2v) is 6.70. The van der Waals surface area contributed by atoms with E-state index in [-0.39, 0.29) is 5.78 Å². The number of rotatable bonds is 10. The van der Waals surface area contributed by atoms with Crippen LogP contribution in [0, 0.1) is 5.92 Å². The molecule has 2 heterocycles. The number of ether oxygens (including phenoxy) is 2. The van der Waals surface area contributed by atoms with Gasteiger partial charge in [0.05, 0.1) is 18.8 Å². The Kier molecular flexibility index (Phi) is 7.59. The first kappa shape index (κ1) is 18.8. The van der Waals surface area contributed by atoms with Gasteiger partial charge in [0, 0.05) is 6.20 Å². The molecule has 0 radical (unpaired) electrons. The molecular formula is C18H29N3O3. The maximum absolute atomic E-state index is 12.0. The third kappa shape index (κ3) is 6.17. The normalized spacial score (nSPS) is 20.9. The molecule has 134 valence electrons. The number of carbonyl (C=O) groups is 1. The van der Waals surface area contributed by atoms with E-state index in [4.69, 9.17) is 9.47 Å². The largest absolute Gasteiger partial charge is 0.349 e. The molecule has 0 bridgehead atoms. The summed E-state index contributed by atoms with van der Waals surface area (Å²) in [5.41, 5.74) is 0.965. The van der Waals surface area contributed by atoms with Gasteiger partial charge in [-0.05, 0) is 37.3 Å². The van der Waals surface area contributed by atoms with E-state index in [0.717, 1.165) is 25.0 Å². The van der Waals surface area contributed by atoms with E-state index in [9.17, 15) is 4.79 Å². The fourth-order valence-electron chi connectivity index (χ4n) is 2.47. The van der Waals surface area contributed by atoms with Crippen molar-refractivity contribution in [1.82, 2.24) is 15.0 Å². The lowest BCUT2D eigenvalue weighted by Gasteiger charge is -2.25. The van der Waals surface area contributed by atoms with Crippen LogP contribution >= 0.6 is 0 Å². The van der Waals surface area contributed by atoms with Gasteiger partial charge in [0.15, 0.2) is 12.1 Å². The highest BCUT2D eigenvalue weighted by Crippen LogP contribution is 2.14. The molecule has 0 fully saturated rings. The summed E-state index contributed by atoms with van der Waals surface area (Å²) in [5, 5.41) is 8.27. The summed E-state index contributed by atoms with van der Waals surface area (Å²) < 4.78 is 13.1. The summed E-state index contributed by atoms with van der Waals surface area (Å²) >= 11 is 0. The van der Waals surface area contributed by atoms with Crippen LogP contribution in [0.1, 0.15) is 52.1 Å². The van der Waals surface area contributed by atoms with Crippen LogP contribution < -0.4 is 0 Å². The van der Waals surface area contributed by atoms with Crippen LogP contribution in [-0.4, -0.2) is 39.8 Å². The summed E-state index contributed by atoms with van der Waals surface area (Å²) in [6.07, 6.45) is 9.49. The van der Waals surface area contributed by atoms with E-state index in [2.05, 4.69) is 31.1 Å².